The number of nitrogens with one attached hydrogen (secondary N) is 5. The number of unbranched alkanes of at least 4 members (excludes halogenated alkanes) is 5. The summed E-state index contributed by atoms with van der Waals surface area (Å²) in [6, 6.07) is 2.85. The molecule has 32 heteroatoms. The van der Waals surface area contributed by atoms with Crippen molar-refractivity contribution in [3.05, 3.63) is 29.8 Å². The average Bonchev–Trinajstić information content (AvgIpc) is 3.64. The van der Waals surface area contributed by atoms with Crippen LogP contribution in [0.5, 0.6) is 0 Å². The standard InChI is InChI=1S/C55H85N13O18.Lu/c69-43(56-21-7-5-10-41(50(82)83)59-55(86)60-42(51(84)85)17-18-45(72)73)11-4-2-1-3-6-22-57-52-61-53(63-54(62-52)67-23-19-37(20-24-67)9-8-12-44(70)71)58-39-15-13-38(14-16-39)31-40-32-66(35-48(78)79)28-27-64(33-46(74)75)25-26-65(34-47(76)77)29-30-68(40)36-49(80)81;/h13-16,37,40-42H,1-12,17-36H2,(H,56,69)(H,70,71)(H,72,73)(H,74,75)(H,76,77)(H,78,79)(H,80,81)(H,82,83)(H,84,85)(H2,59,60,86)(H2,57,58,61,62,63);/q;+3/t40?,41-,42-;/m0./s1. The Morgan fingerprint density at radius 1 is 0.517 bits per heavy atom. The van der Waals surface area contributed by atoms with E-state index in [1.165, 1.54) is 0 Å². The van der Waals surface area contributed by atoms with Crippen molar-refractivity contribution < 1.29 is 126 Å². The molecule has 3 heterocycles. The van der Waals surface area contributed by atoms with Crippen molar-refractivity contribution in [1.82, 2.24) is 50.5 Å². The van der Waals surface area contributed by atoms with Gasteiger partial charge < -0.3 is 72.3 Å². The number of hydrogen-bond acceptors (Lipinski definition) is 20. The zero-order valence-corrected chi connectivity index (χ0v) is 50.4. The van der Waals surface area contributed by atoms with Gasteiger partial charge in [0.05, 0.1) is 26.2 Å². The zero-order chi connectivity index (χ0) is 63.0. The number of carbonyl (C=O) groups excluding carboxylic acids is 2. The number of amides is 3. The summed E-state index contributed by atoms with van der Waals surface area (Å²) < 4.78 is 0. The Labute approximate surface area is 533 Å². The summed E-state index contributed by atoms with van der Waals surface area (Å²) in [5.74, 6) is -8.02. The van der Waals surface area contributed by atoms with Gasteiger partial charge in [-0.1, -0.05) is 31.4 Å². The third-order valence-corrected chi connectivity index (χ3v) is 14.7. The molecule has 0 spiro atoms. The summed E-state index contributed by atoms with van der Waals surface area (Å²) in [4.78, 5) is 141. The molecule has 31 nitrogen and oxygen atoms in total. The number of hydrogen-bond donors (Lipinski definition) is 13. The van der Waals surface area contributed by atoms with Gasteiger partial charge in [-0.2, -0.15) is 15.0 Å². The van der Waals surface area contributed by atoms with E-state index in [-0.39, 0.29) is 146 Å². The van der Waals surface area contributed by atoms with Gasteiger partial charge in [0.2, 0.25) is 23.8 Å². The van der Waals surface area contributed by atoms with Crippen LogP contribution in [0.2, 0.25) is 0 Å². The molecule has 2 aliphatic heterocycles. The molecule has 1 aromatic heterocycles. The summed E-state index contributed by atoms with van der Waals surface area (Å²) >= 11 is 0. The van der Waals surface area contributed by atoms with Crippen molar-refractivity contribution in [2.24, 2.45) is 5.92 Å². The maximum atomic E-state index is 12.5. The van der Waals surface area contributed by atoms with E-state index >= 15 is 0 Å². The van der Waals surface area contributed by atoms with E-state index in [0.717, 1.165) is 50.5 Å². The number of aromatic nitrogens is 3. The Balaban J connectivity index is 0.0000198. The smallest absolute Gasteiger partial charge is 0.481 e. The molecule has 0 radical (unpaired) electrons. The fourth-order valence-electron chi connectivity index (χ4n) is 10.2. The first-order valence-electron chi connectivity index (χ1n) is 29.1. The van der Waals surface area contributed by atoms with Crippen molar-refractivity contribution >= 4 is 83.2 Å². The van der Waals surface area contributed by atoms with E-state index in [1.54, 1.807) is 19.6 Å². The quantitative estimate of drug-likeness (QED) is 0.0425. The molecule has 1 unspecified atom stereocenters. The van der Waals surface area contributed by atoms with Gasteiger partial charge in [-0.25, -0.2) is 14.4 Å². The number of carboxylic acids is 8. The predicted octanol–water partition coefficient (Wildman–Crippen LogP) is 1.67. The number of anilines is 4. The third kappa shape index (κ3) is 31.6. The zero-order valence-electron chi connectivity index (χ0n) is 48.7. The number of carbonyl (C=O) groups is 10. The molecular formula is C55H85LuN13O18+3. The Kier molecular flexibility index (Phi) is 34.8. The van der Waals surface area contributed by atoms with Crippen LogP contribution in [0.1, 0.15) is 108 Å². The van der Waals surface area contributed by atoms with Crippen LogP contribution in [0.15, 0.2) is 24.3 Å². The summed E-state index contributed by atoms with van der Waals surface area (Å²) in [5.41, 5.74) is 1.41. The van der Waals surface area contributed by atoms with E-state index in [1.807, 2.05) is 24.3 Å². The second-order valence-electron chi connectivity index (χ2n) is 21.6. The summed E-state index contributed by atoms with van der Waals surface area (Å²) in [6.45, 7) is 1.77. The SMILES string of the molecule is O=C(O)CCCC1CCN(c2nc(NCCCCCCCC(=O)NCCCC[C@H](NC(=O)N[C@@H](CCC(=O)O)C(=O)O)C(=O)O)nc(Nc3ccc(CC4CN(CC(=O)O)CCN(CC(=O)O)CCN(CC(=O)O)CCN4CC(=O)O)cc3)n2)CC1.[Lu+3]. The summed E-state index contributed by atoms with van der Waals surface area (Å²) in [6.07, 6.45) is 7.53. The van der Waals surface area contributed by atoms with Crippen molar-refractivity contribution in [3.63, 3.8) is 0 Å². The van der Waals surface area contributed by atoms with Gasteiger partial charge in [0.25, 0.3) is 0 Å². The predicted molar refractivity (Wildman–Crippen MR) is 309 cm³/mol. The molecule has 2 fully saturated rings. The number of carboxylic acid groups (broad SMARTS) is 8. The molecule has 2 aromatic rings. The van der Waals surface area contributed by atoms with Crippen LogP contribution in [-0.4, -0.2) is 251 Å². The van der Waals surface area contributed by atoms with Crippen molar-refractivity contribution in [1.29, 1.82) is 0 Å². The minimum Gasteiger partial charge on any atom is -0.481 e. The average molecular weight is 1390 g/mol. The van der Waals surface area contributed by atoms with Gasteiger partial charge in [-0.05, 0) is 94.2 Å². The Morgan fingerprint density at radius 2 is 1.05 bits per heavy atom. The van der Waals surface area contributed by atoms with Crippen LogP contribution >= 0.6 is 0 Å². The van der Waals surface area contributed by atoms with Crippen molar-refractivity contribution in [2.45, 2.75) is 127 Å². The Morgan fingerprint density at radius 3 is 1.63 bits per heavy atom. The minimum atomic E-state index is -1.52. The van der Waals surface area contributed by atoms with E-state index in [9.17, 15) is 78.6 Å². The second kappa shape index (κ2) is 40.6. The second-order valence-corrected chi connectivity index (χ2v) is 21.6. The maximum Gasteiger partial charge on any atom is 3.00 e. The van der Waals surface area contributed by atoms with Crippen LogP contribution in [0.3, 0.4) is 0 Å². The van der Waals surface area contributed by atoms with Crippen LogP contribution in [0.4, 0.5) is 28.3 Å². The largest absolute Gasteiger partial charge is 3.00 e. The van der Waals surface area contributed by atoms with E-state index in [2.05, 4.69) is 36.5 Å². The summed E-state index contributed by atoms with van der Waals surface area (Å²) in [7, 11) is 0. The molecule has 2 saturated heterocycles. The first kappa shape index (κ1) is 74.5. The number of piperidine rings is 1. The Hall–Kier alpha value is -6.80. The molecule has 3 amide bonds. The molecule has 2 aliphatic rings. The number of urea groups is 1. The maximum absolute atomic E-state index is 12.5. The van der Waals surface area contributed by atoms with Crippen molar-refractivity contribution in [2.75, 3.05) is 114 Å². The molecule has 13 N–H and O–H groups in total. The van der Waals surface area contributed by atoms with Crippen LogP contribution in [-0.2, 0) is 49.6 Å². The van der Waals surface area contributed by atoms with Crippen LogP contribution in [0, 0.1) is 42.8 Å². The van der Waals surface area contributed by atoms with E-state index < -0.39 is 84.9 Å². The number of aliphatic carboxylic acids is 8. The molecule has 0 aliphatic carbocycles. The van der Waals surface area contributed by atoms with Crippen molar-refractivity contribution in [3.8, 4) is 0 Å². The van der Waals surface area contributed by atoms with Gasteiger partial charge in [0.15, 0.2) is 0 Å². The molecule has 3 atom stereocenters. The number of nitrogens with zero attached hydrogens (tertiary/aromatic N) is 8. The minimum absolute atomic E-state index is 0. The Bertz CT molecular complexity index is 2550. The van der Waals surface area contributed by atoms with E-state index in [4.69, 9.17) is 20.2 Å². The summed E-state index contributed by atoms with van der Waals surface area (Å²) in [5, 5.41) is 89.6. The number of benzene rings is 1. The molecule has 490 valence electrons. The van der Waals surface area contributed by atoms with Gasteiger partial charge >= 0.3 is 90.7 Å². The normalized spacial score (nSPS) is 16.6. The fraction of sp³-hybridized carbons (Fsp3) is 0.655. The van der Waals surface area contributed by atoms with Crippen LogP contribution in [0.25, 0.3) is 0 Å². The van der Waals surface area contributed by atoms with E-state index in [0.29, 0.717) is 75.2 Å². The van der Waals surface area contributed by atoms with Gasteiger partial charge in [-0.15, -0.1) is 0 Å². The monoisotopic (exact) mass is 1390 g/mol. The first-order chi connectivity index (χ1) is 41.0. The molecule has 0 bridgehead atoms. The van der Waals surface area contributed by atoms with Gasteiger partial charge in [0, 0.05) is 103 Å². The van der Waals surface area contributed by atoms with Gasteiger partial charge in [-0.3, -0.25) is 53.2 Å². The van der Waals surface area contributed by atoms with Crippen LogP contribution < -0.4 is 31.5 Å². The number of rotatable bonds is 38. The molecule has 87 heavy (non-hydrogen) atoms. The first-order valence-corrected chi connectivity index (χ1v) is 29.1. The third-order valence-electron chi connectivity index (χ3n) is 14.7. The molecule has 1 aromatic carbocycles. The topological polar surface area (TPSA) is 448 Å². The van der Waals surface area contributed by atoms with Gasteiger partial charge in [0.1, 0.15) is 12.1 Å². The molecule has 0 saturated carbocycles. The molecular weight excluding hydrogens is 1310 g/mol. The molecule has 4 rings (SSSR count). The fourth-order valence-corrected chi connectivity index (χ4v) is 10.2.